The summed E-state index contributed by atoms with van der Waals surface area (Å²) < 4.78 is 90.2. The summed E-state index contributed by atoms with van der Waals surface area (Å²) in [4.78, 5) is 23.9. The molecule has 2 saturated heterocycles. The minimum Gasteiger partial charge on any atom is -0.480 e. The highest BCUT2D eigenvalue weighted by Gasteiger charge is 2.41. The molecule has 3 aromatic rings. The topological polar surface area (TPSA) is 157 Å². The van der Waals surface area contributed by atoms with Gasteiger partial charge >= 0.3 is 6.18 Å². The van der Waals surface area contributed by atoms with Gasteiger partial charge in [0.05, 0.1) is 44.2 Å². The summed E-state index contributed by atoms with van der Waals surface area (Å²) in [5.41, 5.74) is 8.56. The smallest absolute Gasteiger partial charge is 0.390 e. The van der Waals surface area contributed by atoms with Crippen molar-refractivity contribution in [3.05, 3.63) is 35.8 Å². The third-order valence-electron chi connectivity index (χ3n) is 7.31. The molecule has 1 unspecified atom stereocenters. The van der Waals surface area contributed by atoms with Crippen molar-refractivity contribution in [1.29, 1.82) is 0 Å². The number of nitrogen functional groups attached to an aromatic ring is 1. The molecule has 0 aromatic carbocycles. The number of nitrogens with two attached hydrogens (primary N) is 1. The molecule has 2 fully saturated rings. The van der Waals surface area contributed by atoms with E-state index in [9.17, 15) is 30.8 Å². The zero-order chi connectivity index (χ0) is 30.9. The minimum atomic E-state index is -4.68. The number of carbonyl (C=O) groups excluding carboxylic acids is 1. The summed E-state index contributed by atoms with van der Waals surface area (Å²) in [5, 5.41) is 6.79. The van der Waals surface area contributed by atoms with Gasteiger partial charge in [-0.2, -0.15) is 22.6 Å². The van der Waals surface area contributed by atoms with Crippen molar-refractivity contribution in [2.75, 3.05) is 58.0 Å². The minimum absolute atomic E-state index is 0.0720. The average molecular weight is 631 g/mol. The standard InChI is InChI=1S/C25H30F4N8O5S/c1-41-24-17(23(38)34-19-13-36(12-18(19)26)43(39,40)7-2-25(27,28)29)8-15(10-31-24)20-9-16(11-35-3-5-42-6-4-35)21-22(30)32-14-33-37(20)21/h8-10,14,18-19H,2-7,11-13H2,1H3,(H,34,38)(H2,30,32,33)/t18-,19?/m0/s1. The zero-order valence-corrected chi connectivity index (χ0v) is 23.9. The SMILES string of the molecule is COc1ncc(-c2cc(CN3CCOCC3)c3c(N)ncnn23)cc1C(=O)NC1CN(S(=O)(=O)CCC(F)(F)F)C[C@@H]1F. The van der Waals surface area contributed by atoms with Crippen molar-refractivity contribution >= 4 is 27.3 Å². The summed E-state index contributed by atoms with van der Waals surface area (Å²) in [6.07, 6.45) is -5.32. The number of fused-ring (bicyclic) bond motifs is 1. The summed E-state index contributed by atoms with van der Waals surface area (Å²) in [6.45, 7) is 2.01. The van der Waals surface area contributed by atoms with E-state index in [1.165, 1.54) is 25.7 Å². The number of morpholine rings is 1. The highest BCUT2D eigenvalue weighted by molar-refractivity contribution is 7.89. The lowest BCUT2D eigenvalue weighted by molar-refractivity contribution is -0.130. The third-order valence-corrected chi connectivity index (χ3v) is 9.12. The number of halogens is 4. The van der Waals surface area contributed by atoms with Gasteiger partial charge in [-0.05, 0) is 17.7 Å². The van der Waals surface area contributed by atoms with Crippen LogP contribution >= 0.6 is 0 Å². The van der Waals surface area contributed by atoms with Gasteiger partial charge in [-0.1, -0.05) is 0 Å². The fraction of sp³-hybridized carbons (Fsp3) is 0.520. The Bertz CT molecular complexity index is 1600. The molecule has 0 radical (unpaired) electrons. The first-order valence-corrected chi connectivity index (χ1v) is 14.9. The van der Waals surface area contributed by atoms with Gasteiger partial charge in [-0.25, -0.2) is 27.3 Å². The molecule has 13 nitrogen and oxygen atoms in total. The predicted molar refractivity (Wildman–Crippen MR) is 145 cm³/mol. The van der Waals surface area contributed by atoms with Crippen molar-refractivity contribution in [2.24, 2.45) is 0 Å². The molecule has 0 aliphatic carbocycles. The maximum Gasteiger partial charge on any atom is 0.390 e. The molecule has 2 atom stereocenters. The normalized spacial score (nSPS) is 20.5. The van der Waals surface area contributed by atoms with Gasteiger partial charge in [0.2, 0.25) is 15.9 Å². The molecule has 5 rings (SSSR count). The fourth-order valence-electron chi connectivity index (χ4n) is 5.10. The van der Waals surface area contributed by atoms with Crippen LogP contribution in [0.5, 0.6) is 5.88 Å². The first kappa shape index (κ1) is 30.8. The molecular weight excluding hydrogens is 600 g/mol. The molecule has 0 bridgehead atoms. The number of sulfonamides is 1. The van der Waals surface area contributed by atoms with Crippen molar-refractivity contribution in [3.8, 4) is 17.1 Å². The quantitative estimate of drug-likeness (QED) is 0.330. The van der Waals surface area contributed by atoms with E-state index >= 15 is 0 Å². The Morgan fingerprint density at radius 1 is 1.21 bits per heavy atom. The molecule has 18 heteroatoms. The lowest BCUT2D eigenvalue weighted by Crippen LogP contribution is -2.42. The Hall–Kier alpha value is -3.61. The number of nitrogens with zero attached hydrogens (tertiary/aromatic N) is 6. The molecule has 0 spiro atoms. The summed E-state index contributed by atoms with van der Waals surface area (Å²) in [5.74, 6) is -1.84. The second-order valence-electron chi connectivity index (χ2n) is 10.2. The van der Waals surface area contributed by atoms with Crippen LogP contribution in [0.4, 0.5) is 23.4 Å². The first-order chi connectivity index (χ1) is 20.4. The Morgan fingerprint density at radius 2 is 1.95 bits per heavy atom. The van der Waals surface area contributed by atoms with E-state index in [4.69, 9.17) is 15.2 Å². The molecular formula is C25H30F4N8O5S. The van der Waals surface area contributed by atoms with E-state index in [0.29, 0.717) is 40.8 Å². The summed E-state index contributed by atoms with van der Waals surface area (Å²) in [6, 6.07) is 2.03. The van der Waals surface area contributed by atoms with Crippen molar-refractivity contribution in [1.82, 2.24) is 34.1 Å². The van der Waals surface area contributed by atoms with Gasteiger partial charge in [0.25, 0.3) is 5.91 Å². The van der Waals surface area contributed by atoms with Crippen molar-refractivity contribution in [3.63, 3.8) is 0 Å². The number of alkyl halides is 4. The summed E-state index contributed by atoms with van der Waals surface area (Å²) in [7, 11) is -3.10. The third kappa shape index (κ3) is 6.81. The zero-order valence-electron chi connectivity index (χ0n) is 23.1. The van der Waals surface area contributed by atoms with Crippen LogP contribution in [0, 0.1) is 0 Å². The maximum atomic E-state index is 14.8. The van der Waals surface area contributed by atoms with Crippen LogP contribution in [0.15, 0.2) is 24.7 Å². The van der Waals surface area contributed by atoms with Crippen LogP contribution in [-0.2, 0) is 21.3 Å². The molecule has 234 valence electrons. The van der Waals surface area contributed by atoms with Gasteiger partial charge in [0.15, 0.2) is 5.82 Å². The molecule has 3 N–H and O–H groups in total. The Labute approximate surface area is 244 Å². The number of carbonyl (C=O) groups is 1. The van der Waals surface area contributed by atoms with Gasteiger partial charge in [0, 0.05) is 44.5 Å². The number of nitrogens with one attached hydrogen (secondary N) is 1. The lowest BCUT2D eigenvalue weighted by Gasteiger charge is -2.26. The largest absolute Gasteiger partial charge is 0.480 e. The first-order valence-electron chi connectivity index (χ1n) is 13.3. The van der Waals surface area contributed by atoms with Crippen LogP contribution in [0.3, 0.4) is 0 Å². The lowest BCUT2D eigenvalue weighted by atomic mass is 10.1. The number of hydrogen-bond acceptors (Lipinski definition) is 10. The molecule has 0 saturated carbocycles. The molecule has 43 heavy (non-hydrogen) atoms. The monoisotopic (exact) mass is 630 g/mol. The van der Waals surface area contributed by atoms with Crippen LogP contribution in [-0.4, -0.2) is 114 Å². The van der Waals surface area contributed by atoms with Gasteiger partial charge in [-0.3, -0.25) is 9.69 Å². The Kier molecular flexibility index (Phi) is 8.73. The van der Waals surface area contributed by atoms with Gasteiger partial charge < -0.3 is 20.5 Å². The number of rotatable bonds is 9. The second-order valence-corrected chi connectivity index (χ2v) is 12.3. The van der Waals surface area contributed by atoms with E-state index < -0.39 is 59.6 Å². The fourth-order valence-corrected chi connectivity index (χ4v) is 6.61. The number of amides is 1. The Morgan fingerprint density at radius 3 is 2.65 bits per heavy atom. The highest BCUT2D eigenvalue weighted by atomic mass is 32.2. The van der Waals surface area contributed by atoms with Crippen molar-refractivity contribution < 1.29 is 40.2 Å². The molecule has 5 heterocycles. The number of hydrogen-bond donors (Lipinski definition) is 2. The number of pyridine rings is 1. The van der Waals surface area contributed by atoms with E-state index in [1.807, 2.05) is 6.07 Å². The maximum absolute atomic E-state index is 14.8. The van der Waals surface area contributed by atoms with Crippen LogP contribution in [0.2, 0.25) is 0 Å². The predicted octanol–water partition coefficient (Wildman–Crippen LogP) is 1.25. The average Bonchev–Trinajstić information content (AvgIpc) is 3.53. The van der Waals surface area contributed by atoms with E-state index in [1.54, 1.807) is 4.52 Å². The molecule has 3 aromatic heterocycles. The number of methoxy groups -OCH3 is 1. The van der Waals surface area contributed by atoms with Crippen LogP contribution in [0.1, 0.15) is 22.3 Å². The highest BCUT2D eigenvalue weighted by Crippen LogP contribution is 2.31. The van der Waals surface area contributed by atoms with Gasteiger partial charge in [0.1, 0.15) is 23.6 Å². The van der Waals surface area contributed by atoms with Crippen LogP contribution in [0.25, 0.3) is 16.8 Å². The van der Waals surface area contributed by atoms with E-state index in [-0.39, 0.29) is 17.3 Å². The second kappa shape index (κ2) is 12.2. The number of anilines is 1. The molecule has 1 amide bonds. The number of aromatic nitrogens is 4. The summed E-state index contributed by atoms with van der Waals surface area (Å²) >= 11 is 0. The Balaban J connectivity index is 1.39. The number of ether oxygens (including phenoxy) is 2. The van der Waals surface area contributed by atoms with Crippen molar-refractivity contribution in [2.45, 2.75) is 31.4 Å². The van der Waals surface area contributed by atoms with E-state index in [0.717, 1.165) is 18.7 Å². The van der Waals surface area contributed by atoms with Crippen LogP contribution < -0.4 is 15.8 Å². The molecule has 2 aliphatic rings. The van der Waals surface area contributed by atoms with E-state index in [2.05, 4.69) is 25.3 Å². The van der Waals surface area contributed by atoms with Gasteiger partial charge in [-0.15, -0.1) is 0 Å². The molecule has 2 aliphatic heterocycles.